The second kappa shape index (κ2) is 9.39. The molecule has 0 saturated carbocycles. The Labute approximate surface area is 115 Å². The van der Waals surface area contributed by atoms with Crippen molar-refractivity contribution < 1.29 is 9.53 Å². The third-order valence-electron chi connectivity index (χ3n) is 2.79. The Morgan fingerprint density at radius 3 is 2.89 bits per heavy atom. The van der Waals surface area contributed by atoms with Gasteiger partial charge in [-0.1, -0.05) is 18.6 Å². The van der Waals surface area contributed by atoms with Gasteiger partial charge >= 0.3 is 0 Å². The van der Waals surface area contributed by atoms with Crippen molar-refractivity contribution in [2.75, 3.05) is 19.7 Å². The lowest BCUT2D eigenvalue weighted by molar-refractivity contribution is -0.121. The SMILES string of the molecule is Cc1cccc(OCCC(=O)NCCCCCN)c1. The molecule has 0 saturated heterocycles. The van der Waals surface area contributed by atoms with Crippen LogP contribution in [0.3, 0.4) is 0 Å². The fourth-order valence-electron chi connectivity index (χ4n) is 1.73. The molecule has 0 fully saturated rings. The number of aryl methyl sites for hydroxylation is 1. The third kappa shape index (κ3) is 7.47. The van der Waals surface area contributed by atoms with Crippen LogP contribution in [0.4, 0.5) is 0 Å². The minimum Gasteiger partial charge on any atom is -0.493 e. The van der Waals surface area contributed by atoms with E-state index in [0.717, 1.165) is 43.7 Å². The van der Waals surface area contributed by atoms with Crippen LogP contribution >= 0.6 is 0 Å². The van der Waals surface area contributed by atoms with E-state index in [1.54, 1.807) is 0 Å². The average Bonchev–Trinajstić information content (AvgIpc) is 2.38. The van der Waals surface area contributed by atoms with Crippen molar-refractivity contribution in [3.63, 3.8) is 0 Å². The van der Waals surface area contributed by atoms with Crippen molar-refractivity contribution in [2.45, 2.75) is 32.6 Å². The molecule has 4 nitrogen and oxygen atoms in total. The van der Waals surface area contributed by atoms with Gasteiger partial charge in [-0.05, 0) is 44.0 Å². The number of carbonyl (C=O) groups excluding carboxylic acids is 1. The summed E-state index contributed by atoms with van der Waals surface area (Å²) in [5.41, 5.74) is 6.55. The van der Waals surface area contributed by atoms with Gasteiger partial charge in [-0.3, -0.25) is 4.79 Å². The lowest BCUT2D eigenvalue weighted by Crippen LogP contribution is -2.26. The van der Waals surface area contributed by atoms with Crippen LogP contribution in [0.2, 0.25) is 0 Å². The van der Waals surface area contributed by atoms with Crippen LogP contribution in [0.25, 0.3) is 0 Å². The number of amides is 1. The Hall–Kier alpha value is -1.55. The molecule has 0 aliphatic rings. The molecule has 0 heterocycles. The van der Waals surface area contributed by atoms with Crippen LogP contribution in [0, 0.1) is 6.92 Å². The lowest BCUT2D eigenvalue weighted by atomic mass is 10.2. The minimum absolute atomic E-state index is 0.0420. The third-order valence-corrected chi connectivity index (χ3v) is 2.79. The molecule has 0 aliphatic carbocycles. The highest BCUT2D eigenvalue weighted by Crippen LogP contribution is 2.12. The van der Waals surface area contributed by atoms with Crippen LogP contribution in [0.5, 0.6) is 5.75 Å². The van der Waals surface area contributed by atoms with E-state index >= 15 is 0 Å². The van der Waals surface area contributed by atoms with E-state index in [-0.39, 0.29) is 5.91 Å². The van der Waals surface area contributed by atoms with Crippen molar-refractivity contribution in [2.24, 2.45) is 5.73 Å². The van der Waals surface area contributed by atoms with E-state index in [1.165, 1.54) is 0 Å². The molecule has 0 aliphatic heterocycles. The molecule has 0 bridgehead atoms. The van der Waals surface area contributed by atoms with Gasteiger partial charge < -0.3 is 15.8 Å². The minimum atomic E-state index is 0.0420. The maximum absolute atomic E-state index is 11.5. The first-order valence-corrected chi connectivity index (χ1v) is 6.88. The van der Waals surface area contributed by atoms with Crippen LogP contribution in [0.15, 0.2) is 24.3 Å². The highest BCUT2D eigenvalue weighted by Gasteiger charge is 2.01. The molecule has 0 unspecified atom stereocenters. The summed E-state index contributed by atoms with van der Waals surface area (Å²) < 4.78 is 5.52. The Morgan fingerprint density at radius 2 is 2.16 bits per heavy atom. The van der Waals surface area contributed by atoms with Gasteiger partial charge in [0, 0.05) is 6.54 Å². The number of carbonyl (C=O) groups is 1. The second-order valence-electron chi connectivity index (χ2n) is 4.61. The Balaban J connectivity index is 2.07. The van der Waals surface area contributed by atoms with Gasteiger partial charge in [0.2, 0.25) is 5.91 Å². The number of benzene rings is 1. The first-order valence-electron chi connectivity index (χ1n) is 6.88. The summed E-state index contributed by atoms with van der Waals surface area (Å²) in [4.78, 5) is 11.5. The second-order valence-corrected chi connectivity index (χ2v) is 4.61. The monoisotopic (exact) mass is 264 g/mol. The predicted molar refractivity (Wildman–Crippen MR) is 77.2 cm³/mol. The molecule has 1 aromatic rings. The predicted octanol–water partition coefficient (Wildman–Crippen LogP) is 2.01. The molecule has 1 aromatic carbocycles. The van der Waals surface area contributed by atoms with E-state index < -0.39 is 0 Å². The molecule has 4 heteroatoms. The standard InChI is InChI=1S/C15H24N2O2/c1-13-6-5-7-14(12-13)19-11-8-15(18)17-10-4-2-3-9-16/h5-7,12H,2-4,8-11,16H2,1H3,(H,17,18). The summed E-state index contributed by atoms with van der Waals surface area (Å²) in [5.74, 6) is 0.858. The van der Waals surface area contributed by atoms with Gasteiger partial charge in [0.15, 0.2) is 0 Å². The number of rotatable bonds is 9. The molecule has 1 amide bonds. The fourth-order valence-corrected chi connectivity index (χ4v) is 1.73. The van der Waals surface area contributed by atoms with Gasteiger partial charge in [0.05, 0.1) is 13.0 Å². The molecule has 106 valence electrons. The maximum Gasteiger partial charge on any atom is 0.223 e. The number of ether oxygens (including phenoxy) is 1. The summed E-state index contributed by atoms with van der Waals surface area (Å²) in [6, 6.07) is 7.82. The molecule has 0 atom stereocenters. The molecular formula is C15H24N2O2. The molecular weight excluding hydrogens is 240 g/mol. The zero-order valence-electron chi connectivity index (χ0n) is 11.7. The van der Waals surface area contributed by atoms with Crippen LogP contribution < -0.4 is 15.8 Å². The van der Waals surface area contributed by atoms with Crippen molar-refractivity contribution in [3.8, 4) is 5.75 Å². The average molecular weight is 264 g/mol. The van der Waals surface area contributed by atoms with Gasteiger partial charge in [-0.15, -0.1) is 0 Å². The summed E-state index contributed by atoms with van der Waals surface area (Å²) in [6.45, 7) is 3.88. The fraction of sp³-hybridized carbons (Fsp3) is 0.533. The van der Waals surface area contributed by atoms with Gasteiger partial charge in [-0.25, -0.2) is 0 Å². The zero-order chi connectivity index (χ0) is 13.9. The van der Waals surface area contributed by atoms with Crippen molar-refractivity contribution >= 4 is 5.91 Å². The highest BCUT2D eigenvalue weighted by atomic mass is 16.5. The van der Waals surface area contributed by atoms with Crippen LogP contribution in [0.1, 0.15) is 31.2 Å². The quantitative estimate of drug-likeness (QED) is 0.671. The molecule has 19 heavy (non-hydrogen) atoms. The van der Waals surface area contributed by atoms with E-state index in [1.807, 2.05) is 31.2 Å². The van der Waals surface area contributed by atoms with Gasteiger partial charge in [0.1, 0.15) is 5.75 Å². The molecule has 1 rings (SSSR count). The van der Waals surface area contributed by atoms with Crippen LogP contribution in [-0.4, -0.2) is 25.6 Å². The first-order chi connectivity index (χ1) is 9.22. The number of hydrogen-bond donors (Lipinski definition) is 2. The topological polar surface area (TPSA) is 64.3 Å². The Kier molecular flexibility index (Phi) is 7.66. The number of hydrogen-bond acceptors (Lipinski definition) is 3. The van der Waals surface area contributed by atoms with E-state index in [0.29, 0.717) is 13.0 Å². The summed E-state index contributed by atoms with van der Waals surface area (Å²) in [5, 5.41) is 2.88. The number of nitrogens with two attached hydrogens (primary N) is 1. The smallest absolute Gasteiger partial charge is 0.223 e. The first kappa shape index (κ1) is 15.5. The van der Waals surface area contributed by atoms with Crippen LogP contribution in [-0.2, 0) is 4.79 Å². The molecule has 0 radical (unpaired) electrons. The molecule has 0 spiro atoms. The van der Waals surface area contributed by atoms with E-state index in [4.69, 9.17) is 10.5 Å². The Bertz CT molecular complexity index is 380. The van der Waals surface area contributed by atoms with E-state index in [9.17, 15) is 4.79 Å². The molecule has 3 N–H and O–H groups in total. The number of unbranched alkanes of at least 4 members (excludes halogenated alkanes) is 2. The lowest BCUT2D eigenvalue weighted by Gasteiger charge is -2.07. The van der Waals surface area contributed by atoms with Crippen molar-refractivity contribution in [1.82, 2.24) is 5.32 Å². The van der Waals surface area contributed by atoms with Gasteiger partial charge in [0.25, 0.3) is 0 Å². The largest absolute Gasteiger partial charge is 0.493 e. The van der Waals surface area contributed by atoms with Crippen molar-refractivity contribution in [1.29, 1.82) is 0 Å². The summed E-state index contributed by atoms with van der Waals surface area (Å²) in [6.07, 6.45) is 3.47. The number of nitrogens with one attached hydrogen (secondary N) is 1. The summed E-state index contributed by atoms with van der Waals surface area (Å²) >= 11 is 0. The zero-order valence-corrected chi connectivity index (χ0v) is 11.7. The summed E-state index contributed by atoms with van der Waals surface area (Å²) in [7, 11) is 0. The van der Waals surface area contributed by atoms with Gasteiger partial charge in [-0.2, -0.15) is 0 Å². The maximum atomic E-state index is 11.5. The Morgan fingerprint density at radius 1 is 1.32 bits per heavy atom. The van der Waals surface area contributed by atoms with E-state index in [2.05, 4.69) is 5.32 Å². The normalized spacial score (nSPS) is 10.2. The van der Waals surface area contributed by atoms with Crippen molar-refractivity contribution in [3.05, 3.63) is 29.8 Å². The highest BCUT2D eigenvalue weighted by molar-refractivity contribution is 5.75. The molecule has 0 aromatic heterocycles.